The number of methoxy groups -OCH3 is 1. The summed E-state index contributed by atoms with van der Waals surface area (Å²) in [5, 5.41) is 9.69. The van der Waals surface area contributed by atoms with Crippen LogP contribution in [0, 0.1) is 11.8 Å². The molecule has 2 aliphatic carbocycles. The van der Waals surface area contributed by atoms with E-state index < -0.39 is 0 Å². The van der Waals surface area contributed by atoms with Gasteiger partial charge in [-0.15, -0.1) is 0 Å². The second-order valence-corrected chi connectivity index (χ2v) is 6.28. The Morgan fingerprint density at radius 2 is 2.30 bits per heavy atom. The molecule has 110 valence electrons. The maximum Gasteiger partial charge on any atom is 0.311 e. The molecule has 0 spiro atoms. The number of aliphatic hydroxyl groups is 1. The van der Waals surface area contributed by atoms with Gasteiger partial charge in [-0.05, 0) is 37.2 Å². The molecular weight excluding hydrogens is 254 g/mol. The van der Waals surface area contributed by atoms with Gasteiger partial charge in [0.15, 0.2) is 0 Å². The number of esters is 1. The monoisotopic (exact) mass is 277 g/mol. The Balaban J connectivity index is 1.54. The zero-order valence-electron chi connectivity index (χ0n) is 12.0. The van der Waals surface area contributed by atoms with Crippen LogP contribution in [0.15, 0.2) is 23.3 Å². The Labute approximate surface area is 120 Å². The molecule has 1 N–H and O–H groups in total. The minimum Gasteiger partial charge on any atom is -0.469 e. The van der Waals surface area contributed by atoms with Crippen LogP contribution in [0.1, 0.15) is 25.7 Å². The fourth-order valence-electron chi connectivity index (χ4n) is 3.55. The highest BCUT2D eigenvalue weighted by Crippen LogP contribution is 2.36. The van der Waals surface area contributed by atoms with Gasteiger partial charge in [0.25, 0.3) is 0 Å². The summed E-state index contributed by atoms with van der Waals surface area (Å²) >= 11 is 0. The van der Waals surface area contributed by atoms with E-state index in [9.17, 15) is 9.90 Å². The van der Waals surface area contributed by atoms with E-state index in [0.717, 1.165) is 45.3 Å². The number of nitrogens with zero attached hydrogens (tertiary/aromatic N) is 1. The highest BCUT2D eigenvalue weighted by Gasteiger charge is 2.34. The number of hydrogen-bond donors (Lipinski definition) is 1. The molecule has 0 saturated carbocycles. The molecule has 3 rings (SSSR count). The first-order valence-electron chi connectivity index (χ1n) is 7.53. The maximum atomic E-state index is 11.4. The Hall–Kier alpha value is -1.13. The number of carbonyl (C=O) groups is 1. The first-order chi connectivity index (χ1) is 9.65. The predicted octanol–water partition coefficient (Wildman–Crippen LogP) is 1.51. The van der Waals surface area contributed by atoms with Crippen molar-refractivity contribution in [1.29, 1.82) is 0 Å². The van der Waals surface area contributed by atoms with Crippen LogP contribution in [0.25, 0.3) is 0 Å². The van der Waals surface area contributed by atoms with Crippen LogP contribution in [0.5, 0.6) is 0 Å². The minimum atomic E-state index is -0.144. The zero-order chi connectivity index (χ0) is 14.1. The number of hydrogen-bond acceptors (Lipinski definition) is 4. The Morgan fingerprint density at radius 1 is 1.50 bits per heavy atom. The summed E-state index contributed by atoms with van der Waals surface area (Å²) in [6, 6.07) is 0. The van der Waals surface area contributed by atoms with E-state index in [0.29, 0.717) is 5.92 Å². The highest BCUT2D eigenvalue weighted by molar-refractivity contribution is 5.73. The first kappa shape index (κ1) is 13.8. The molecule has 3 aliphatic rings. The minimum absolute atomic E-state index is 0.0704. The second-order valence-electron chi connectivity index (χ2n) is 6.28. The van der Waals surface area contributed by atoms with Crippen molar-refractivity contribution in [3.05, 3.63) is 23.3 Å². The summed E-state index contributed by atoms with van der Waals surface area (Å²) in [7, 11) is 1.46. The van der Waals surface area contributed by atoms with Gasteiger partial charge in [-0.1, -0.05) is 17.7 Å². The lowest BCUT2D eigenvalue weighted by molar-refractivity contribution is -0.151. The lowest BCUT2D eigenvalue weighted by Crippen LogP contribution is -2.51. The molecule has 1 fully saturated rings. The quantitative estimate of drug-likeness (QED) is 0.794. The summed E-state index contributed by atoms with van der Waals surface area (Å²) in [5.74, 6) is 0.547. The van der Waals surface area contributed by atoms with Gasteiger partial charge in [0, 0.05) is 19.6 Å². The van der Waals surface area contributed by atoms with Crippen LogP contribution < -0.4 is 0 Å². The molecule has 1 aliphatic heterocycles. The van der Waals surface area contributed by atoms with Crippen molar-refractivity contribution in [2.45, 2.75) is 31.8 Å². The van der Waals surface area contributed by atoms with Crippen molar-refractivity contribution in [2.75, 3.05) is 26.7 Å². The molecule has 0 radical (unpaired) electrons. The Morgan fingerprint density at radius 3 is 3.05 bits per heavy atom. The van der Waals surface area contributed by atoms with Gasteiger partial charge in [-0.25, -0.2) is 0 Å². The third-order valence-corrected chi connectivity index (χ3v) is 4.76. The van der Waals surface area contributed by atoms with E-state index in [4.69, 9.17) is 4.74 Å². The summed E-state index contributed by atoms with van der Waals surface area (Å²) in [6.07, 6.45) is 8.37. The third kappa shape index (κ3) is 2.81. The van der Waals surface area contributed by atoms with Gasteiger partial charge in [-0.3, -0.25) is 9.69 Å². The number of ether oxygens (including phenoxy) is 1. The Bertz CT molecular complexity index is 449. The van der Waals surface area contributed by atoms with Crippen LogP contribution >= 0.6 is 0 Å². The van der Waals surface area contributed by atoms with Crippen molar-refractivity contribution >= 4 is 5.97 Å². The van der Waals surface area contributed by atoms with Crippen LogP contribution in [-0.4, -0.2) is 48.8 Å². The maximum absolute atomic E-state index is 11.4. The zero-order valence-corrected chi connectivity index (χ0v) is 12.0. The number of rotatable bonds is 3. The van der Waals surface area contributed by atoms with Gasteiger partial charge in [-0.2, -0.15) is 0 Å². The van der Waals surface area contributed by atoms with Crippen molar-refractivity contribution in [3.8, 4) is 0 Å². The summed E-state index contributed by atoms with van der Waals surface area (Å²) in [5.41, 5.74) is 2.88. The molecular formula is C16H23NO3. The molecule has 0 aromatic carbocycles. The molecule has 1 heterocycles. The van der Waals surface area contributed by atoms with E-state index in [1.807, 2.05) is 0 Å². The van der Waals surface area contributed by atoms with Gasteiger partial charge in [0.1, 0.15) is 0 Å². The number of carbonyl (C=O) groups excluding carboxylic acids is 1. The second kappa shape index (κ2) is 5.70. The number of aliphatic hydroxyl groups excluding tert-OH is 1. The summed E-state index contributed by atoms with van der Waals surface area (Å²) in [4.78, 5) is 13.7. The van der Waals surface area contributed by atoms with Gasteiger partial charge >= 0.3 is 5.97 Å². The SMILES string of the molecule is COC(=O)C1CN(CC2=CC3=CCC(O)CC3CC2)C1. The lowest BCUT2D eigenvalue weighted by Gasteiger charge is -2.39. The third-order valence-electron chi connectivity index (χ3n) is 4.76. The molecule has 20 heavy (non-hydrogen) atoms. The van der Waals surface area contributed by atoms with Gasteiger partial charge in [0.05, 0.1) is 19.1 Å². The molecule has 2 atom stereocenters. The standard InChI is InChI=1S/C16H23NO3/c1-20-16(19)14-9-17(10-14)8-11-2-3-13-7-15(18)5-4-12(13)6-11/h4,6,13-15,18H,2-3,5,7-10H2,1H3. The van der Waals surface area contributed by atoms with Crippen molar-refractivity contribution < 1.29 is 14.6 Å². The van der Waals surface area contributed by atoms with Gasteiger partial charge < -0.3 is 9.84 Å². The summed E-state index contributed by atoms with van der Waals surface area (Å²) in [6.45, 7) is 2.62. The number of allylic oxidation sites excluding steroid dienone is 2. The van der Waals surface area contributed by atoms with E-state index in [1.165, 1.54) is 18.3 Å². The molecule has 2 unspecified atom stereocenters. The smallest absolute Gasteiger partial charge is 0.311 e. The molecule has 4 nitrogen and oxygen atoms in total. The van der Waals surface area contributed by atoms with Crippen LogP contribution in [-0.2, 0) is 9.53 Å². The predicted molar refractivity (Wildman–Crippen MR) is 76.1 cm³/mol. The molecule has 0 aromatic rings. The normalized spacial score (nSPS) is 30.9. The van der Waals surface area contributed by atoms with Crippen LogP contribution in [0.3, 0.4) is 0 Å². The van der Waals surface area contributed by atoms with Crippen LogP contribution in [0.4, 0.5) is 0 Å². The molecule has 0 bridgehead atoms. The average molecular weight is 277 g/mol. The summed E-state index contributed by atoms with van der Waals surface area (Å²) < 4.78 is 4.76. The molecule has 4 heteroatoms. The van der Waals surface area contributed by atoms with Crippen molar-refractivity contribution in [2.24, 2.45) is 11.8 Å². The van der Waals surface area contributed by atoms with Crippen LogP contribution in [0.2, 0.25) is 0 Å². The average Bonchev–Trinajstić information content (AvgIpc) is 2.41. The van der Waals surface area contributed by atoms with Crippen molar-refractivity contribution in [1.82, 2.24) is 4.90 Å². The fraction of sp³-hybridized carbons (Fsp3) is 0.688. The fourth-order valence-corrected chi connectivity index (χ4v) is 3.55. The first-order valence-corrected chi connectivity index (χ1v) is 7.53. The highest BCUT2D eigenvalue weighted by atomic mass is 16.5. The van der Waals surface area contributed by atoms with E-state index in [1.54, 1.807) is 0 Å². The largest absolute Gasteiger partial charge is 0.469 e. The molecule has 0 amide bonds. The number of fused-ring (bicyclic) bond motifs is 1. The van der Waals surface area contributed by atoms with Crippen molar-refractivity contribution in [3.63, 3.8) is 0 Å². The molecule has 0 aromatic heterocycles. The van der Waals surface area contributed by atoms with Gasteiger partial charge in [0.2, 0.25) is 0 Å². The van der Waals surface area contributed by atoms with E-state index in [2.05, 4.69) is 17.1 Å². The van der Waals surface area contributed by atoms with E-state index in [-0.39, 0.29) is 18.0 Å². The molecule has 1 saturated heterocycles. The Kier molecular flexibility index (Phi) is 3.94. The topological polar surface area (TPSA) is 49.8 Å². The lowest BCUT2D eigenvalue weighted by atomic mass is 9.77. The number of likely N-dealkylation sites (tertiary alicyclic amines) is 1. The van der Waals surface area contributed by atoms with E-state index >= 15 is 0 Å².